The molecule has 124 valence electrons. The second kappa shape index (κ2) is 6.83. The fourth-order valence-corrected chi connectivity index (χ4v) is 3.20. The zero-order valence-corrected chi connectivity index (χ0v) is 14.0. The topological polar surface area (TPSA) is 53.5 Å². The van der Waals surface area contributed by atoms with Crippen LogP contribution in [0.25, 0.3) is 0 Å². The summed E-state index contributed by atoms with van der Waals surface area (Å²) in [5.74, 6) is 0.307. The predicted octanol–water partition coefficient (Wildman–Crippen LogP) is 2.97. The zero-order valence-electron chi connectivity index (χ0n) is 14.0. The van der Waals surface area contributed by atoms with Crippen LogP contribution in [0, 0.1) is 0 Å². The molecule has 0 spiro atoms. The molecular formula is C19H21N3O2. The molecule has 1 aromatic heterocycles. The Balaban J connectivity index is 1.67. The lowest BCUT2D eigenvalue weighted by molar-refractivity contribution is -0.118. The molecule has 1 aromatic carbocycles. The van der Waals surface area contributed by atoms with Gasteiger partial charge in [0, 0.05) is 44.7 Å². The maximum atomic E-state index is 12.4. The minimum Gasteiger partial charge on any atom is -0.314 e. The molecule has 0 bridgehead atoms. The van der Waals surface area contributed by atoms with E-state index in [9.17, 15) is 9.59 Å². The number of rotatable bonds is 4. The second-order valence-corrected chi connectivity index (χ2v) is 6.09. The lowest BCUT2D eigenvalue weighted by Crippen LogP contribution is -2.28. The van der Waals surface area contributed by atoms with E-state index >= 15 is 0 Å². The van der Waals surface area contributed by atoms with Gasteiger partial charge in [0.15, 0.2) is 0 Å². The highest BCUT2D eigenvalue weighted by Crippen LogP contribution is 2.38. The van der Waals surface area contributed by atoms with Gasteiger partial charge in [0.2, 0.25) is 11.8 Å². The van der Waals surface area contributed by atoms with E-state index in [0.29, 0.717) is 13.0 Å². The summed E-state index contributed by atoms with van der Waals surface area (Å²) in [6.07, 6.45) is 4.54. The van der Waals surface area contributed by atoms with Crippen molar-refractivity contribution in [3.63, 3.8) is 0 Å². The maximum absolute atomic E-state index is 12.4. The van der Waals surface area contributed by atoms with E-state index in [-0.39, 0.29) is 17.7 Å². The first-order chi connectivity index (χ1) is 11.6. The molecule has 0 saturated carbocycles. The number of amides is 2. The molecule has 0 fully saturated rings. The summed E-state index contributed by atoms with van der Waals surface area (Å²) in [6.45, 7) is 2.24. The van der Waals surface area contributed by atoms with Crippen molar-refractivity contribution in [3.05, 3.63) is 54.4 Å². The molecule has 3 rings (SSSR count). The van der Waals surface area contributed by atoms with Crippen LogP contribution in [0.5, 0.6) is 0 Å². The van der Waals surface area contributed by atoms with Gasteiger partial charge >= 0.3 is 0 Å². The number of nitrogens with zero attached hydrogens (tertiary/aromatic N) is 3. The molecule has 0 N–H and O–H groups in total. The molecule has 5 nitrogen and oxygen atoms in total. The molecular weight excluding hydrogens is 302 g/mol. The van der Waals surface area contributed by atoms with Gasteiger partial charge in [-0.2, -0.15) is 0 Å². The van der Waals surface area contributed by atoms with Gasteiger partial charge in [0.1, 0.15) is 0 Å². The molecule has 24 heavy (non-hydrogen) atoms. The first-order valence-electron chi connectivity index (χ1n) is 8.11. The van der Waals surface area contributed by atoms with Gasteiger partial charge in [0.25, 0.3) is 0 Å². The van der Waals surface area contributed by atoms with Gasteiger partial charge in [-0.3, -0.25) is 14.6 Å². The molecule has 0 saturated heterocycles. The number of carbonyl (C=O) groups excluding carboxylic acids is 2. The molecule has 0 unspecified atom stereocenters. The van der Waals surface area contributed by atoms with Crippen LogP contribution in [0.2, 0.25) is 0 Å². The molecule has 1 aliphatic heterocycles. The molecule has 0 radical (unpaired) electrons. The van der Waals surface area contributed by atoms with E-state index in [1.807, 2.05) is 30.3 Å². The molecule has 1 atom stereocenters. The van der Waals surface area contributed by atoms with E-state index < -0.39 is 0 Å². The van der Waals surface area contributed by atoms with E-state index in [1.54, 1.807) is 36.2 Å². The van der Waals surface area contributed by atoms with Gasteiger partial charge < -0.3 is 9.80 Å². The summed E-state index contributed by atoms with van der Waals surface area (Å²) in [5.41, 5.74) is 2.92. The summed E-state index contributed by atoms with van der Waals surface area (Å²) < 4.78 is 0. The van der Waals surface area contributed by atoms with Crippen LogP contribution in [0.4, 0.5) is 11.4 Å². The Morgan fingerprint density at radius 2 is 2.04 bits per heavy atom. The van der Waals surface area contributed by atoms with E-state index in [4.69, 9.17) is 0 Å². The van der Waals surface area contributed by atoms with Crippen LogP contribution in [-0.2, 0) is 9.59 Å². The smallest absolute Gasteiger partial charge is 0.226 e. The Morgan fingerprint density at radius 3 is 2.75 bits per heavy atom. The van der Waals surface area contributed by atoms with E-state index in [2.05, 4.69) is 11.1 Å². The second-order valence-electron chi connectivity index (χ2n) is 6.09. The van der Waals surface area contributed by atoms with E-state index in [1.165, 1.54) is 0 Å². The number of anilines is 2. The van der Waals surface area contributed by atoms with Crippen LogP contribution >= 0.6 is 0 Å². The third kappa shape index (κ3) is 3.15. The normalized spacial score (nSPS) is 15.9. The van der Waals surface area contributed by atoms with Crippen LogP contribution < -0.4 is 9.80 Å². The van der Waals surface area contributed by atoms with Crippen LogP contribution in [0.3, 0.4) is 0 Å². The summed E-state index contributed by atoms with van der Waals surface area (Å²) in [6, 6.07) is 11.6. The van der Waals surface area contributed by atoms with Crippen molar-refractivity contribution >= 4 is 23.2 Å². The van der Waals surface area contributed by atoms with Gasteiger partial charge in [-0.1, -0.05) is 18.2 Å². The molecule has 2 heterocycles. The number of para-hydroxylation sites is 1. The Morgan fingerprint density at radius 1 is 1.25 bits per heavy atom. The first-order valence-corrected chi connectivity index (χ1v) is 8.11. The summed E-state index contributed by atoms with van der Waals surface area (Å²) in [4.78, 5) is 31.8. The highest BCUT2D eigenvalue weighted by atomic mass is 16.2. The Hall–Kier alpha value is -2.69. The quantitative estimate of drug-likeness (QED) is 0.869. The number of aromatic nitrogens is 1. The van der Waals surface area contributed by atoms with Crippen LogP contribution in [-0.4, -0.2) is 30.4 Å². The largest absolute Gasteiger partial charge is 0.314 e. The predicted molar refractivity (Wildman–Crippen MR) is 94.1 cm³/mol. The van der Waals surface area contributed by atoms with Crippen molar-refractivity contribution in [1.29, 1.82) is 0 Å². The van der Waals surface area contributed by atoms with Crippen molar-refractivity contribution in [2.45, 2.75) is 25.7 Å². The van der Waals surface area contributed by atoms with E-state index in [0.717, 1.165) is 23.4 Å². The van der Waals surface area contributed by atoms with Gasteiger partial charge in [-0.05, 0) is 30.2 Å². The Kier molecular flexibility index (Phi) is 4.60. The SMILES string of the molecule is CC(=O)N1C[C@@H](CCC(=O)N(C)c2cccnc2)c2ccccc21. The number of carbonyl (C=O) groups is 2. The summed E-state index contributed by atoms with van der Waals surface area (Å²) >= 11 is 0. The Labute approximate surface area is 141 Å². The van der Waals surface area contributed by atoms with Crippen molar-refractivity contribution in [2.75, 3.05) is 23.4 Å². The molecule has 0 aliphatic carbocycles. The van der Waals surface area contributed by atoms with Crippen molar-refractivity contribution in [2.24, 2.45) is 0 Å². The maximum Gasteiger partial charge on any atom is 0.226 e. The number of fused-ring (bicyclic) bond motifs is 1. The fourth-order valence-electron chi connectivity index (χ4n) is 3.20. The van der Waals surface area contributed by atoms with Gasteiger partial charge in [-0.15, -0.1) is 0 Å². The summed E-state index contributed by atoms with van der Waals surface area (Å²) in [7, 11) is 1.77. The van der Waals surface area contributed by atoms with Crippen LogP contribution in [0.15, 0.2) is 48.8 Å². The molecule has 1 aliphatic rings. The van der Waals surface area contributed by atoms with Crippen LogP contribution in [0.1, 0.15) is 31.2 Å². The van der Waals surface area contributed by atoms with Gasteiger partial charge in [0.05, 0.1) is 11.9 Å². The van der Waals surface area contributed by atoms with Gasteiger partial charge in [-0.25, -0.2) is 0 Å². The number of pyridine rings is 1. The standard InChI is InChI=1S/C19H21N3O2/c1-14(23)22-13-15(17-7-3-4-8-18(17)22)9-10-19(24)21(2)16-6-5-11-20-12-16/h3-8,11-12,15H,9-10,13H2,1-2H3/t15-/m1/s1. The minimum atomic E-state index is 0.0451. The lowest BCUT2D eigenvalue weighted by atomic mass is 9.96. The fraction of sp³-hybridized carbons (Fsp3) is 0.316. The highest BCUT2D eigenvalue weighted by Gasteiger charge is 2.30. The average molecular weight is 323 g/mol. The van der Waals surface area contributed by atoms with Crippen molar-refractivity contribution in [1.82, 2.24) is 4.98 Å². The Bertz CT molecular complexity index is 745. The molecule has 2 aromatic rings. The summed E-state index contributed by atoms with van der Waals surface area (Å²) in [5, 5.41) is 0. The molecule has 5 heteroatoms. The number of hydrogen-bond acceptors (Lipinski definition) is 3. The monoisotopic (exact) mass is 323 g/mol. The van der Waals surface area contributed by atoms with Crippen molar-refractivity contribution in [3.8, 4) is 0 Å². The third-order valence-electron chi connectivity index (χ3n) is 4.56. The number of benzene rings is 1. The third-order valence-corrected chi connectivity index (χ3v) is 4.56. The highest BCUT2D eigenvalue weighted by molar-refractivity contribution is 5.95. The number of hydrogen-bond donors (Lipinski definition) is 0. The minimum absolute atomic E-state index is 0.0451. The molecule has 2 amide bonds. The lowest BCUT2D eigenvalue weighted by Gasteiger charge is -2.18. The van der Waals surface area contributed by atoms with Crippen molar-refractivity contribution < 1.29 is 9.59 Å². The zero-order chi connectivity index (χ0) is 17.1. The first kappa shape index (κ1) is 16.2. The average Bonchev–Trinajstić information content (AvgIpc) is 2.99.